The number of benzene rings is 3. The van der Waals surface area contributed by atoms with Gasteiger partial charge in [0.1, 0.15) is 35.6 Å². The van der Waals surface area contributed by atoms with Gasteiger partial charge in [-0.2, -0.15) is 0 Å². The van der Waals surface area contributed by atoms with Gasteiger partial charge in [0.05, 0.1) is 11.0 Å². The van der Waals surface area contributed by atoms with E-state index in [1.165, 1.54) is 6.07 Å². The van der Waals surface area contributed by atoms with Crippen molar-refractivity contribution in [3.8, 4) is 22.5 Å². The first-order valence-corrected chi connectivity index (χ1v) is 10.8. The maximum atomic E-state index is 12.0. The van der Waals surface area contributed by atoms with E-state index in [1.54, 1.807) is 18.2 Å². The fourth-order valence-corrected chi connectivity index (χ4v) is 4.29. The summed E-state index contributed by atoms with van der Waals surface area (Å²) in [7, 11) is 3.09. The molecule has 8 heteroatoms. The van der Waals surface area contributed by atoms with Gasteiger partial charge in [0.2, 0.25) is 5.36 Å². The van der Waals surface area contributed by atoms with Crippen LogP contribution in [0.15, 0.2) is 70.0 Å². The second kappa shape index (κ2) is 8.76. The molecule has 0 spiro atoms. The molecule has 0 saturated heterocycles. The normalized spacial score (nSPS) is 11.4. The molecule has 154 valence electrons. The van der Waals surface area contributed by atoms with Crippen molar-refractivity contribution < 1.29 is 46.9 Å². The topological polar surface area (TPSA) is 76.6 Å². The minimum absolute atomic E-state index is 0. The largest absolute Gasteiger partial charge is 1.00 e. The summed E-state index contributed by atoms with van der Waals surface area (Å²) >= 11 is 0. The van der Waals surface area contributed by atoms with Crippen LogP contribution in [0.1, 0.15) is 0 Å². The van der Waals surface area contributed by atoms with Gasteiger partial charge in [0.15, 0.2) is 0 Å². The maximum absolute atomic E-state index is 12.0. The molecule has 1 heterocycles. The van der Waals surface area contributed by atoms with E-state index in [4.69, 9.17) is 4.42 Å². The Hall–Kier alpha value is -2.16. The molecule has 31 heavy (non-hydrogen) atoms. The molecule has 4 rings (SSSR count). The van der Waals surface area contributed by atoms with E-state index in [9.17, 15) is 13.0 Å². The van der Waals surface area contributed by atoms with E-state index >= 15 is 0 Å². The summed E-state index contributed by atoms with van der Waals surface area (Å²) in [5.41, 5.74) is 3.33. The summed E-state index contributed by atoms with van der Waals surface area (Å²) in [6, 6.07) is 17.8. The molecule has 0 fully saturated rings. The van der Waals surface area contributed by atoms with Gasteiger partial charge in [-0.15, -0.1) is 0 Å². The molecule has 0 N–H and O–H groups in total. The smallest absolute Gasteiger partial charge is 0.744 e. The summed E-state index contributed by atoms with van der Waals surface area (Å²) in [6.45, 7) is 0. The van der Waals surface area contributed by atoms with Crippen molar-refractivity contribution in [2.24, 2.45) is 0 Å². The second-order valence-corrected chi connectivity index (χ2v) is 8.93. The zero-order chi connectivity index (χ0) is 21.6. The molecule has 0 bridgehead atoms. The number of nitrogens with zero attached hydrogens (tertiary/aromatic N) is 2. The maximum Gasteiger partial charge on any atom is 1.00 e. The van der Waals surface area contributed by atoms with Gasteiger partial charge in [-0.25, -0.2) is 13.0 Å². The summed E-state index contributed by atoms with van der Waals surface area (Å²) in [4.78, 5) is 1.72. The molecule has 2 aromatic rings. The van der Waals surface area contributed by atoms with E-state index in [0.29, 0.717) is 22.5 Å². The molecule has 1 aliphatic heterocycles. The number of hydrogen-bond acceptors (Lipinski definition) is 5. The Morgan fingerprint density at radius 3 is 2.29 bits per heavy atom. The van der Waals surface area contributed by atoms with Crippen LogP contribution < -0.4 is 44.4 Å². The zero-order valence-electron chi connectivity index (χ0n) is 18.2. The van der Waals surface area contributed by atoms with Crippen LogP contribution in [0.2, 0.25) is 0 Å². The van der Waals surface area contributed by atoms with Crippen molar-refractivity contribution in [3.63, 3.8) is 0 Å². The first-order chi connectivity index (χ1) is 14.2. The molecular weight excluding hydrogens is 423 g/mol. The third-order valence-corrected chi connectivity index (χ3v) is 6.04. The quantitative estimate of drug-likeness (QED) is 0.195. The van der Waals surface area contributed by atoms with Crippen molar-refractivity contribution in [2.45, 2.75) is 4.90 Å². The van der Waals surface area contributed by atoms with E-state index < -0.39 is 10.1 Å². The van der Waals surface area contributed by atoms with Crippen molar-refractivity contribution in [1.29, 1.82) is 0 Å². The molecule has 0 radical (unpaired) electrons. The molecule has 2 aromatic carbocycles. The molecular formula is C23H22N2NaO4S+. The minimum Gasteiger partial charge on any atom is -0.744 e. The van der Waals surface area contributed by atoms with Crippen molar-refractivity contribution in [3.05, 3.63) is 66.0 Å². The third kappa shape index (κ3) is 4.42. The van der Waals surface area contributed by atoms with Gasteiger partial charge in [-0.3, -0.25) is 0 Å². The Bertz CT molecular complexity index is 1420. The van der Waals surface area contributed by atoms with Crippen LogP contribution in [-0.2, 0) is 10.1 Å². The average molecular weight is 445 g/mol. The minimum atomic E-state index is -4.66. The average Bonchev–Trinajstić information content (AvgIpc) is 2.70. The van der Waals surface area contributed by atoms with Gasteiger partial charge in [0.25, 0.3) is 0 Å². The van der Waals surface area contributed by atoms with Crippen LogP contribution in [-0.4, -0.2) is 41.2 Å². The Morgan fingerprint density at radius 2 is 1.65 bits per heavy atom. The first-order valence-electron chi connectivity index (χ1n) is 9.40. The number of rotatable bonds is 3. The van der Waals surface area contributed by atoms with Crippen LogP contribution >= 0.6 is 0 Å². The third-order valence-electron chi connectivity index (χ3n) is 5.15. The fraction of sp³-hybridized carbons (Fsp3) is 0.174. The molecule has 0 aromatic heterocycles. The predicted molar refractivity (Wildman–Crippen MR) is 118 cm³/mol. The van der Waals surface area contributed by atoms with Gasteiger partial charge in [-0.1, -0.05) is 18.2 Å². The predicted octanol–water partition coefficient (Wildman–Crippen LogP) is 0.211. The van der Waals surface area contributed by atoms with Gasteiger partial charge in [-0.05, 0) is 24.3 Å². The van der Waals surface area contributed by atoms with Gasteiger partial charge in [0, 0.05) is 54.0 Å². The molecule has 1 aliphatic carbocycles. The van der Waals surface area contributed by atoms with Crippen LogP contribution in [0.4, 0.5) is 5.69 Å². The molecule has 0 atom stereocenters. The molecule has 0 amide bonds. The van der Waals surface area contributed by atoms with Crippen LogP contribution in [0.3, 0.4) is 0 Å². The Morgan fingerprint density at radius 1 is 0.935 bits per heavy atom. The SMILES string of the molecule is CN(C)c1ccc2c(-c3ccccc3S(=O)(=O)[O-])c3ccc(=[N+](C)C)cc-3oc2c1.[Na+]. The zero-order valence-corrected chi connectivity index (χ0v) is 21.0. The summed E-state index contributed by atoms with van der Waals surface area (Å²) in [5, 5.41) is 1.69. The Kier molecular flexibility index (Phi) is 6.64. The van der Waals surface area contributed by atoms with E-state index in [0.717, 1.165) is 22.0 Å². The standard InChI is InChI=1S/C23H22N2O4S.Na/c1-24(2)15-9-11-17-20(13-15)29-21-14-16(25(3)4)10-12-18(21)23(17)19-7-5-6-8-22(19)30(26,27)28;/h5-14H,1-4H3;/q;+1. The van der Waals surface area contributed by atoms with Crippen molar-refractivity contribution in [1.82, 2.24) is 4.58 Å². The monoisotopic (exact) mass is 445 g/mol. The summed E-state index contributed by atoms with van der Waals surface area (Å²) in [6.07, 6.45) is 0. The fourth-order valence-electron chi connectivity index (χ4n) is 3.61. The van der Waals surface area contributed by atoms with Gasteiger partial charge < -0.3 is 13.9 Å². The molecule has 2 aliphatic rings. The van der Waals surface area contributed by atoms with E-state index in [1.807, 2.05) is 74.1 Å². The molecule has 0 unspecified atom stereocenters. The Balaban J connectivity index is 0.00000272. The second-order valence-electron chi connectivity index (χ2n) is 7.58. The van der Waals surface area contributed by atoms with E-state index in [2.05, 4.69) is 0 Å². The first kappa shape index (κ1) is 23.5. The number of hydrogen-bond donors (Lipinski definition) is 0. The van der Waals surface area contributed by atoms with E-state index in [-0.39, 0.29) is 34.5 Å². The molecule has 6 nitrogen and oxygen atoms in total. The van der Waals surface area contributed by atoms with Crippen LogP contribution in [0.25, 0.3) is 33.4 Å². The van der Waals surface area contributed by atoms with Crippen LogP contribution in [0, 0.1) is 0 Å². The van der Waals surface area contributed by atoms with Crippen LogP contribution in [0.5, 0.6) is 0 Å². The number of anilines is 1. The Labute approximate surface area is 203 Å². The molecule has 0 saturated carbocycles. The van der Waals surface area contributed by atoms with Crippen molar-refractivity contribution in [2.75, 3.05) is 33.1 Å². The van der Waals surface area contributed by atoms with Gasteiger partial charge >= 0.3 is 29.6 Å². The summed E-state index contributed by atoms with van der Waals surface area (Å²) < 4.78 is 44.2. The summed E-state index contributed by atoms with van der Waals surface area (Å²) in [5.74, 6) is 0.609. The number of fused-ring (bicyclic) bond motifs is 2. The van der Waals surface area contributed by atoms with Crippen molar-refractivity contribution >= 4 is 26.8 Å².